The van der Waals surface area contributed by atoms with Crippen LogP contribution in [0.15, 0.2) is 58.1 Å². The Morgan fingerprint density at radius 2 is 1.90 bits per heavy atom. The van der Waals surface area contributed by atoms with Gasteiger partial charge >= 0.3 is 0 Å². The zero-order chi connectivity index (χ0) is 20.2. The SMILES string of the molecule is C=CC(=O)C1CCCCCC(N2N=C(c3ccccc3)C3C(N)=NC=NC32)CC1. The Morgan fingerprint density at radius 1 is 1.10 bits per heavy atom. The number of rotatable bonds is 4. The topological polar surface area (TPSA) is 83.4 Å². The van der Waals surface area contributed by atoms with Crippen LogP contribution in [-0.2, 0) is 4.79 Å². The highest BCUT2D eigenvalue weighted by Crippen LogP contribution is 2.34. The Bertz CT molecular complexity index is 844. The fourth-order valence-electron chi connectivity index (χ4n) is 4.72. The van der Waals surface area contributed by atoms with Gasteiger partial charge in [-0.25, -0.2) is 9.98 Å². The smallest absolute Gasteiger partial charge is 0.158 e. The lowest BCUT2D eigenvalue weighted by Gasteiger charge is -2.33. The van der Waals surface area contributed by atoms with Crippen LogP contribution in [0, 0.1) is 11.8 Å². The molecule has 2 N–H and O–H groups in total. The fourth-order valence-corrected chi connectivity index (χ4v) is 4.72. The van der Waals surface area contributed by atoms with Crippen LogP contribution < -0.4 is 5.73 Å². The standard InChI is InChI=1S/C23H29N5O/c1-2-19(29)16-9-5-4-8-12-18(14-13-16)28-23-20(22(24)25-15-26-23)21(27-28)17-10-6-3-7-11-17/h2-3,6-7,10-11,15-16,18,20,23H,1,4-5,8-9,12-14H2,(H2,24,25,26). The number of allylic oxidation sites excluding steroid dienone is 1. The second-order valence-electron chi connectivity index (χ2n) is 8.11. The average Bonchev–Trinajstić information content (AvgIpc) is 3.19. The van der Waals surface area contributed by atoms with Crippen molar-refractivity contribution in [1.29, 1.82) is 0 Å². The van der Waals surface area contributed by atoms with Crippen LogP contribution in [0.25, 0.3) is 0 Å². The van der Waals surface area contributed by atoms with Gasteiger partial charge in [0.05, 0.1) is 5.71 Å². The Balaban J connectivity index is 1.62. The molecule has 1 saturated carbocycles. The van der Waals surface area contributed by atoms with Crippen molar-refractivity contribution in [2.24, 2.45) is 32.7 Å². The minimum Gasteiger partial charge on any atom is -0.386 e. The summed E-state index contributed by atoms with van der Waals surface area (Å²) in [6.45, 7) is 3.69. The van der Waals surface area contributed by atoms with Crippen molar-refractivity contribution in [3.63, 3.8) is 0 Å². The number of hydrogen-bond acceptors (Lipinski definition) is 6. The van der Waals surface area contributed by atoms with E-state index >= 15 is 0 Å². The van der Waals surface area contributed by atoms with E-state index in [1.54, 1.807) is 6.34 Å². The Kier molecular flexibility index (Phi) is 5.88. The summed E-state index contributed by atoms with van der Waals surface area (Å²) >= 11 is 0. The molecule has 0 radical (unpaired) electrons. The first-order chi connectivity index (χ1) is 14.2. The average molecular weight is 392 g/mol. The molecular formula is C23H29N5O. The highest BCUT2D eigenvalue weighted by Gasteiger charge is 2.44. The molecule has 4 unspecified atom stereocenters. The molecule has 4 atom stereocenters. The van der Waals surface area contributed by atoms with E-state index in [1.165, 1.54) is 6.08 Å². The molecule has 1 aromatic rings. The van der Waals surface area contributed by atoms with Gasteiger partial charge in [0.15, 0.2) is 11.9 Å². The van der Waals surface area contributed by atoms with E-state index < -0.39 is 0 Å². The monoisotopic (exact) mass is 391 g/mol. The molecule has 0 bridgehead atoms. The van der Waals surface area contributed by atoms with E-state index in [4.69, 9.17) is 10.8 Å². The van der Waals surface area contributed by atoms with E-state index in [9.17, 15) is 4.79 Å². The van der Waals surface area contributed by atoms with Gasteiger partial charge < -0.3 is 5.73 Å². The van der Waals surface area contributed by atoms with Crippen LogP contribution >= 0.6 is 0 Å². The van der Waals surface area contributed by atoms with Crippen molar-refractivity contribution in [3.05, 3.63) is 48.6 Å². The van der Waals surface area contributed by atoms with Crippen molar-refractivity contribution in [2.45, 2.75) is 57.2 Å². The van der Waals surface area contributed by atoms with Gasteiger partial charge in [0.1, 0.15) is 18.1 Å². The lowest BCUT2D eigenvalue weighted by Crippen LogP contribution is -2.45. The molecule has 1 aromatic carbocycles. The normalized spacial score (nSPS) is 29.7. The molecule has 0 spiro atoms. The lowest BCUT2D eigenvalue weighted by molar-refractivity contribution is -0.118. The number of amidine groups is 1. The molecule has 1 aliphatic carbocycles. The van der Waals surface area contributed by atoms with E-state index in [0.29, 0.717) is 5.84 Å². The highest BCUT2D eigenvalue weighted by molar-refractivity contribution is 6.17. The second kappa shape index (κ2) is 8.72. The van der Waals surface area contributed by atoms with Gasteiger partial charge in [0.2, 0.25) is 0 Å². The molecule has 3 aliphatic rings. The first-order valence-electron chi connectivity index (χ1n) is 10.6. The predicted molar refractivity (Wildman–Crippen MR) is 117 cm³/mol. The molecular weight excluding hydrogens is 362 g/mol. The summed E-state index contributed by atoms with van der Waals surface area (Å²) < 4.78 is 0. The number of carbonyl (C=O) groups excluding carboxylic acids is 1. The first kappa shape index (κ1) is 19.6. The molecule has 0 saturated heterocycles. The molecule has 6 heteroatoms. The summed E-state index contributed by atoms with van der Waals surface area (Å²) in [5, 5.41) is 7.18. The number of hydrogen-bond donors (Lipinski definition) is 1. The van der Waals surface area contributed by atoms with Crippen molar-refractivity contribution < 1.29 is 4.79 Å². The van der Waals surface area contributed by atoms with Gasteiger partial charge in [-0.1, -0.05) is 56.2 Å². The number of nitrogens with two attached hydrogens (primary N) is 1. The van der Waals surface area contributed by atoms with E-state index in [1.807, 2.05) is 18.2 Å². The minimum absolute atomic E-state index is 0.0746. The highest BCUT2D eigenvalue weighted by atomic mass is 16.1. The van der Waals surface area contributed by atoms with E-state index in [0.717, 1.165) is 56.2 Å². The molecule has 152 valence electrons. The first-order valence-corrected chi connectivity index (χ1v) is 10.6. The summed E-state index contributed by atoms with van der Waals surface area (Å²) in [7, 11) is 0. The second-order valence-corrected chi connectivity index (χ2v) is 8.11. The number of benzene rings is 1. The maximum absolute atomic E-state index is 12.3. The zero-order valence-electron chi connectivity index (χ0n) is 16.8. The fraction of sp³-hybridized carbons (Fsp3) is 0.478. The summed E-state index contributed by atoms with van der Waals surface area (Å²) in [5.41, 5.74) is 8.29. The third kappa shape index (κ3) is 4.02. The number of aliphatic imine (C=N–C) groups is 2. The van der Waals surface area contributed by atoms with Gasteiger partial charge in [-0.2, -0.15) is 5.10 Å². The maximum Gasteiger partial charge on any atom is 0.158 e. The summed E-state index contributed by atoms with van der Waals surface area (Å²) in [6, 6.07) is 10.4. The molecule has 1 fully saturated rings. The van der Waals surface area contributed by atoms with Crippen molar-refractivity contribution in [1.82, 2.24) is 5.01 Å². The summed E-state index contributed by atoms with van der Waals surface area (Å²) in [6.07, 6.45) is 10.1. The zero-order valence-corrected chi connectivity index (χ0v) is 16.8. The summed E-state index contributed by atoms with van der Waals surface area (Å²) in [4.78, 5) is 21.2. The van der Waals surface area contributed by atoms with Crippen LogP contribution in [0.4, 0.5) is 0 Å². The quantitative estimate of drug-likeness (QED) is 0.797. The molecule has 2 aliphatic heterocycles. The van der Waals surface area contributed by atoms with E-state index in [2.05, 4.69) is 33.7 Å². The number of ketones is 1. The molecule has 2 heterocycles. The molecule has 0 amide bonds. The number of fused-ring (bicyclic) bond motifs is 1. The van der Waals surface area contributed by atoms with Gasteiger partial charge in [0, 0.05) is 12.0 Å². The van der Waals surface area contributed by atoms with E-state index in [-0.39, 0.29) is 29.8 Å². The summed E-state index contributed by atoms with van der Waals surface area (Å²) in [5.74, 6) is 0.689. The van der Waals surface area contributed by atoms with Crippen LogP contribution in [0.3, 0.4) is 0 Å². The van der Waals surface area contributed by atoms with Crippen LogP contribution in [0.2, 0.25) is 0 Å². The van der Waals surface area contributed by atoms with Gasteiger partial charge in [-0.3, -0.25) is 9.80 Å². The lowest BCUT2D eigenvalue weighted by atomic mass is 9.91. The largest absolute Gasteiger partial charge is 0.386 e. The Hall–Kier alpha value is -2.76. The van der Waals surface area contributed by atoms with Gasteiger partial charge in [-0.05, 0) is 37.3 Å². The Labute approximate surface area is 172 Å². The number of carbonyl (C=O) groups is 1. The van der Waals surface area contributed by atoms with Crippen LogP contribution in [-0.4, -0.2) is 40.9 Å². The molecule has 0 aromatic heterocycles. The van der Waals surface area contributed by atoms with Crippen LogP contribution in [0.5, 0.6) is 0 Å². The predicted octanol–water partition coefficient (Wildman–Crippen LogP) is 3.53. The molecule has 6 nitrogen and oxygen atoms in total. The van der Waals surface area contributed by atoms with Gasteiger partial charge in [0.25, 0.3) is 0 Å². The van der Waals surface area contributed by atoms with Crippen molar-refractivity contribution in [3.8, 4) is 0 Å². The third-order valence-electron chi connectivity index (χ3n) is 6.32. The Morgan fingerprint density at radius 3 is 2.69 bits per heavy atom. The number of nitrogens with zero attached hydrogens (tertiary/aromatic N) is 4. The molecule has 4 rings (SSSR count). The van der Waals surface area contributed by atoms with Crippen molar-refractivity contribution in [2.75, 3.05) is 0 Å². The third-order valence-corrected chi connectivity index (χ3v) is 6.32. The van der Waals surface area contributed by atoms with Crippen molar-refractivity contribution >= 4 is 23.7 Å². The minimum atomic E-state index is -0.151. The van der Waals surface area contributed by atoms with Crippen LogP contribution in [0.1, 0.15) is 50.5 Å². The molecule has 29 heavy (non-hydrogen) atoms. The van der Waals surface area contributed by atoms with Gasteiger partial charge in [-0.15, -0.1) is 0 Å². The maximum atomic E-state index is 12.3. The number of hydrazone groups is 1.